The highest BCUT2D eigenvalue weighted by molar-refractivity contribution is 7.93. The average molecular weight is 468 g/mol. The van der Waals surface area contributed by atoms with Gasteiger partial charge in [-0.3, -0.25) is 4.72 Å². The first-order valence-electron chi connectivity index (χ1n) is 10.2. The number of nitrogens with zero attached hydrogens (tertiary/aromatic N) is 5. The zero-order chi connectivity index (χ0) is 22.1. The molecule has 11 heteroatoms. The quantitative estimate of drug-likeness (QED) is 0.438. The van der Waals surface area contributed by atoms with Gasteiger partial charge in [-0.15, -0.1) is 0 Å². The number of benzene rings is 2. The molecule has 0 amide bonds. The van der Waals surface area contributed by atoms with E-state index in [-0.39, 0.29) is 4.90 Å². The molecule has 5 rings (SSSR count). The molecule has 9 nitrogen and oxygen atoms in total. The van der Waals surface area contributed by atoms with Crippen LogP contribution in [-0.4, -0.2) is 40.2 Å². The summed E-state index contributed by atoms with van der Waals surface area (Å²) in [5.74, 6) is 1.44. The lowest BCUT2D eigenvalue weighted by Gasteiger charge is -2.17. The van der Waals surface area contributed by atoms with E-state index in [2.05, 4.69) is 33.7 Å². The lowest BCUT2D eigenvalue weighted by Crippen LogP contribution is -2.21. The Labute approximate surface area is 189 Å². The summed E-state index contributed by atoms with van der Waals surface area (Å²) in [5, 5.41) is 3.28. The fraction of sp³-hybridized carbons (Fsp3) is 0.238. The zero-order valence-electron chi connectivity index (χ0n) is 17.3. The highest BCUT2D eigenvalue weighted by Crippen LogP contribution is 2.25. The van der Waals surface area contributed by atoms with Crippen LogP contribution in [0.2, 0.25) is 0 Å². The molecule has 2 N–H and O–H groups in total. The maximum atomic E-state index is 12.9. The van der Waals surface area contributed by atoms with Crippen molar-refractivity contribution in [2.24, 2.45) is 0 Å². The van der Waals surface area contributed by atoms with Crippen LogP contribution in [-0.2, 0) is 10.0 Å². The lowest BCUT2D eigenvalue weighted by molar-refractivity contribution is 0.602. The summed E-state index contributed by atoms with van der Waals surface area (Å²) >= 11 is 0.988. The number of anilines is 4. The Hall–Kier alpha value is -3.31. The van der Waals surface area contributed by atoms with Gasteiger partial charge in [-0.2, -0.15) is 13.7 Å². The van der Waals surface area contributed by atoms with E-state index in [1.165, 1.54) is 6.07 Å². The van der Waals surface area contributed by atoms with Crippen molar-refractivity contribution in [2.75, 3.05) is 28.0 Å². The smallest absolute Gasteiger partial charge is 0.264 e. The number of rotatable bonds is 6. The van der Waals surface area contributed by atoms with Crippen LogP contribution < -0.4 is 14.9 Å². The van der Waals surface area contributed by atoms with Gasteiger partial charge < -0.3 is 10.2 Å². The summed E-state index contributed by atoms with van der Waals surface area (Å²) < 4.78 is 36.6. The molecular formula is C21H21N7O2S2. The van der Waals surface area contributed by atoms with E-state index >= 15 is 0 Å². The SMILES string of the molecule is Cc1cc(Nc2ccc(NS(=O)(=O)c3cccc4nsnc34)cc2)nc(N2CCCC2)n1. The molecule has 32 heavy (non-hydrogen) atoms. The van der Waals surface area contributed by atoms with Gasteiger partial charge in [0, 0.05) is 36.2 Å². The Kier molecular flexibility index (Phi) is 5.35. The predicted octanol–water partition coefficient (Wildman–Crippen LogP) is 3.93. The van der Waals surface area contributed by atoms with Crippen molar-refractivity contribution in [1.29, 1.82) is 0 Å². The van der Waals surface area contributed by atoms with Crippen LogP contribution in [0.4, 0.5) is 23.1 Å². The number of aryl methyl sites for hydroxylation is 1. The summed E-state index contributed by atoms with van der Waals surface area (Å²) in [6.07, 6.45) is 2.32. The minimum absolute atomic E-state index is 0.108. The Balaban J connectivity index is 1.33. The van der Waals surface area contributed by atoms with Gasteiger partial charge in [-0.05, 0) is 56.2 Å². The minimum atomic E-state index is -3.79. The van der Waals surface area contributed by atoms with E-state index in [9.17, 15) is 8.42 Å². The fourth-order valence-electron chi connectivity index (χ4n) is 3.65. The summed E-state index contributed by atoms with van der Waals surface area (Å²) in [6, 6.07) is 13.8. The summed E-state index contributed by atoms with van der Waals surface area (Å²) in [6.45, 7) is 3.90. The van der Waals surface area contributed by atoms with Crippen LogP contribution in [0.5, 0.6) is 0 Å². The lowest BCUT2D eigenvalue weighted by atomic mass is 10.3. The van der Waals surface area contributed by atoms with Crippen LogP contribution in [0, 0.1) is 6.92 Å². The third-order valence-corrected chi connectivity index (χ3v) is 7.13. The Bertz CT molecular complexity index is 1360. The van der Waals surface area contributed by atoms with E-state index in [4.69, 9.17) is 0 Å². The number of aromatic nitrogens is 4. The topological polar surface area (TPSA) is 113 Å². The molecule has 0 atom stereocenters. The first kappa shape index (κ1) is 20.6. The molecular weight excluding hydrogens is 446 g/mol. The van der Waals surface area contributed by atoms with Gasteiger partial charge in [0.05, 0.1) is 11.7 Å². The molecule has 0 saturated carbocycles. The highest BCUT2D eigenvalue weighted by Gasteiger charge is 2.20. The fourth-order valence-corrected chi connectivity index (χ4v) is 5.48. The van der Waals surface area contributed by atoms with Crippen molar-refractivity contribution < 1.29 is 8.42 Å². The van der Waals surface area contributed by atoms with Gasteiger partial charge in [0.25, 0.3) is 10.0 Å². The first-order valence-corrected chi connectivity index (χ1v) is 12.4. The largest absolute Gasteiger partial charge is 0.341 e. The Morgan fingerprint density at radius 3 is 2.50 bits per heavy atom. The van der Waals surface area contributed by atoms with Crippen molar-refractivity contribution in [2.45, 2.75) is 24.7 Å². The van der Waals surface area contributed by atoms with Gasteiger partial charge in [0.1, 0.15) is 21.7 Å². The number of hydrogen-bond donors (Lipinski definition) is 2. The first-order chi connectivity index (χ1) is 15.5. The molecule has 1 fully saturated rings. The third-order valence-electron chi connectivity index (χ3n) is 5.18. The normalized spacial score (nSPS) is 14.1. The van der Waals surface area contributed by atoms with Crippen LogP contribution in [0.3, 0.4) is 0 Å². The van der Waals surface area contributed by atoms with Crippen LogP contribution >= 0.6 is 11.7 Å². The second kappa shape index (κ2) is 8.32. The molecule has 0 aliphatic carbocycles. The summed E-state index contributed by atoms with van der Waals surface area (Å²) in [5.41, 5.74) is 3.07. The van der Waals surface area contributed by atoms with Crippen LogP contribution in [0.15, 0.2) is 53.4 Å². The maximum Gasteiger partial charge on any atom is 0.264 e. The molecule has 164 valence electrons. The molecule has 1 aliphatic heterocycles. The van der Waals surface area contributed by atoms with Gasteiger partial charge in [0.15, 0.2) is 0 Å². The maximum absolute atomic E-state index is 12.9. The molecule has 2 aromatic carbocycles. The molecule has 0 unspecified atom stereocenters. The summed E-state index contributed by atoms with van der Waals surface area (Å²) in [4.78, 5) is 11.5. The van der Waals surface area contributed by atoms with E-state index in [1.54, 1.807) is 36.4 Å². The minimum Gasteiger partial charge on any atom is -0.341 e. The van der Waals surface area contributed by atoms with E-state index < -0.39 is 10.0 Å². The Morgan fingerprint density at radius 2 is 1.72 bits per heavy atom. The van der Waals surface area contributed by atoms with Crippen molar-refractivity contribution in [3.8, 4) is 0 Å². The highest BCUT2D eigenvalue weighted by atomic mass is 32.2. The van der Waals surface area contributed by atoms with E-state index in [0.29, 0.717) is 22.5 Å². The molecule has 3 heterocycles. The molecule has 1 saturated heterocycles. The molecule has 2 aromatic heterocycles. The second-order valence-corrected chi connectivity index (χ2v) is 9.76. The predicted molar refractivity (Wildman–Crippen MR) is 126 cm³/mol. The van der Waals surface area contributed by atoms with Gasteiger partial charge in [-0.1, -0.05) is 6.07 Å². The Morgan fingerprint density at radius 1 is 0.969 bits per heavy atom. The van der Waals surface area contributed by atoms with Crippen LogP contribution in [0.25, 0.3) is 11.0 Å². The second-order valence-electron chi connectivity index (χ2n) is 7.58. The summed E-state index contributed by atoms with van der Waals surface area (Å²) in [7, 11) is -3.79. The molecule has 0 spiro atoms. The number of fused-ring (bicyclic) bond motifs is 1. The standard InChI is InChI=1S/C21H21N7O2S2/c1-14-13-19(24-21(22-14)28-11-2-3-12-28)23-15-7-9-16(10-8-15)27-32(29,30)18-6-4-5-17-20(18)26-31-25-17/h4-10,13,27H,2-3,11-12H2,1H3,(H,22,23,24). The monoisotopic (exact) mass is 467 g/mol. The van der Waals surface area contributed by atoms with E-state index in [1.807, 2.05) is 13.0 Å². The van der Waals surface area contributed by atoms with E-state index in [0.717, 1.165) is 55.0 Å². The number of sulfonamides is 1. The van der Waals surface area contributed by atoms with Crippen molar-refractivity contribution in [1.82, 2.24) is 18.7 Å². The van der Waals surface area contributed by atoms with Crippen molar-refractivity contribution >= 4 is 55.9 Å². The molecule has 0 bridgehead atoms. The van der Waals surface area contributed by atoms with Crippen LogP contribution in [0.1, 0.15) is 18.5 Å². The van der Waals surface area contributed by atoms with Gasteiger partial charge in [0.2, 0.25) is 5.95 Å². The van der Waals surface area contributed by atoms with Crippen molar-refractivity contribution in [3.63, 3.8) is 0 Å². The molecule has 1 aliphatic rings. The van der Waals surface area contributed by atoms with Gasteiger partial charge in [-0.25, -0.2) is 13.4 Å². The average Bonchev–Trinajstić information content (AvgIpc) is 3.46. The van der Waals surface area contributed by atoms with Gasteiger partial charge >= 0.3 is 0 Å². The number of nitrogens with one attached hydrogen (secondary N) is 2. The third kappa shape index (κ3) is 4.21. The van der Waals surface area contributed by atoms with Crippen molar-refractivity contribution in [3.05, 3.63) is 54.2 Å². The molecule has 4 aromatic rings. The zero-order valence-corrected chi connectivity index (χ0v) is 18.9. The number of hydrogen-bond acceptors (Lipinski definition) is 9. The molecule has 0 radical (unpaired) electrons.